The van der Waals surface area contributed by atoms with Gasteiger partial charge in [-0.05, 0) is 44.0 Å². The number of ether oxygens (including phenoxy) is 2. The van der Waals surface area contributed by atoms with Gasteiger partial charge in [-0.3, -0.25) is 0 Å². The number of hydrogen-bond acceptors (Lipinski definition) is 3. The average molecular weight is 235 g/mol. The lowest BCUT2D eigenvalue weighted by atomic mass is 9.93. The minimum Gasteiger partial charge on any atom is -0.496 e. The van der Waals surface area contributed by atoms with E-state index < -0.39 is 0 Å². The van der Waals surface area contributed by atoms with Crippen molar-refractivity contribution in [3.05, 3.63) is 22.8 Å². The first-order valence-electron chi connectivity index (χ1n) is 6.11. The highest BCUT2D eigenvalue weighted by atomic mass is 16.5. The molecule has 1 aliphatic heterocycles. The lowest BCUT2D eigenvalue weighted by molar-refractivity contribution is 0.390. The first kappa shape index (κ1) is 12.2. The second-order valence-electron chi connectivity index (χ2n) is 4.64. The molecule has 3 nitrogen and oxygen atoms in total. The predicted octanol–water partition coefficient (Wildman–Crippen LogP) is 2.40. The van der Waals surface area contributed by atoms with Crippen molar-refractivity contribution in [3.63, 3.8) is 0 Å². The molecule has 0 amide bonds. The van der Waals surface area contributed by atoms with Gasteiger partial charge in [0.05, 0.1) is 14.2 Å². The summed E-state index contributed by atoms with van der Waals surface area (Å²) in [6.45, 7) is 6.29. The summed E-state index contributed by atoms with van der Waals surface area (Å²) in [5.74, 6) is 2.53. The Labute approximate surface area is 103 Å². The summed E-state index contributed by atoms with van der Waals surface area (Å²) in [6, 6.07) is 2.14. The van der Waals surface area contributed by atoms with Gasteiger partial charge in [0.2, 0.25) is 0 Å². The van der Waals surface area contributed by atoms with Crippen molar-refractivity contribution in [3.8, 4) is 11.5 Å². The Hall–Kier alpha value is -1.22. The Morgan fingerprint density at radius 1 is 1.18 bits per heavy atom. The summed E-state index contributed by atoms with van der Waals surface area (Å²) in [5.41, 5.74) is 3.63. The summed E-state index contributed by atoms with van der Waals surface area (Å²) in [6.07, 6.45) is 1.17. The molecule has 1 fully saturated rings. The molecule has 0 aliphatic carbocycles. The molecule has 1 atom stereocenters. The van der Waals surface area contributed by atoms with Gasteiger partial charge in [0.25, 0.3) is 0 Å². The van der Waals surface area contributed by atoms with Crippen molar-refractivity contribution >= 4 is 0 Å². The molecule has 2 rings (SSSR count). The van der Waals surface area contributed by atoms with E-state index in [-0.39, 0.29) is 0 Å². The first-order valence-corrected chi connectivity index (χ1v) is 6.11. The summed E-state index contributed by atoms with van der Waals surface area (Å²) in [5, 5.41) is 3.40. The van der Waals surface area contributed by atoms with Crippen LogP contribution < -0.4 is 14.8 Å². The summed E-state index contributed by atoms with van der Waals surface area (Å²) >= 11 is 0. The van der Waals surface area contributed by atoms with Crippen LogP contribution in [0.3, 0.4) is 0 Å². The summed E-state index contributed by atoms with van der Waals surface area (Å²) in [4.78, 5) is 0. The quantitative estimate of drug-likeness (QED) is 0.872. The monoisotopic (exact) mass is 235 g/mol. The molecule has 0 radical (unpaired) electrons. The molecule has 1 N–H and O–H groups in total. The van der Waals surface area contributed by atoms with E-state index in [1.807, 2.05) is 0 Å². The topological polar surface area (TPSA) is 30.5 Å². The third kappa shape index (κ3) is 2.12. The van der Waals surface area contributed by atoms with Crippen LogP contribution in [0.15, 0.2) is 6.07 Å². The fourth-order valence-corrected chi connectivity index (χ4v) is 2.59. The zero-order valence-corrected chi connectivity index (χ0v) is 11.1. The fourth-order valence-electron chi connectivity index (χ4n) is 2.59. The van der Waals surface area contributed by atoms with Gasteiger partial charge in [0.1, 0.15) is 11.5 Å². The molecule has 1 aromatic rings. The van der Waals surface area contributed by atoms with E-state index in [1.165, 1.54) is 23.1 Å². The van der Waals surface area contributed by atoms with E-state index in [2.05, 4.69) is 25.2 Å². The van der Waals surface area contributed by atoms with Gasteiger partial charge in [-0.1, -0.05) is 0 Å². The molecule has 0 spiro atoms. The van der Waals surface area contributed by atoms with E-state index in [0.29, 0.717) is 5.92 Å². The summed E-state index contributed by atoms with van der Waals surface area (Å²) in [7, 11) is 3.48. The van der Waals surface area contributed by atoms with Crippen molar-refractivity contribution in [2.75, 3.05) is 27.3 Å². The number of methoxy groups -OCH3 is 2. The van der Waals surface area contributed by atoms with Crippen LogP contribution in [0, 0.1) is 13.8 Å². The fraction of sp³-hybridized carbons (Fsp3) is 0.571. The lowest BCUT2D eigenvalue weighted by Crippen LogP contribution is -2.10. The van der Waals surface area contributed by atoms with Gasteiger partial charge in [-0.2, -0.15) is 0 Å². The average Bonchev–Trinajstić information content (AvgIpc) is 2.86. The molecule has 1 heterocycles. The van der Waals surface area contributed by atoms with Crippen LogP contribution in [0.2, 0.25) is 0 Å². The number of nitrogens with one attached hydrogen (secondary N) is 1. The third-order valence-corrected chi connectivity index (χ3v) is 3.75. The first-order chi connectivity index (χ1) is 8.19. The number of rotatable bonds is 3. The van der Waals surface area contributed by atoms with Crippen LogP contribution >= 0.6 is 0 Å². The van der Waals surface area contributed by atoms with Crippen LogP contribution in [0.25, 0.3) is 0 Å². The normalized spacial score (nSPS) is 19.4. The Bertz CT molecular complexity index is 409. The largest absolute Gasteiger partial charge is 0.496 e. The molecule has 0 bridgehead atoms. The van der Waals surface area contributed by atoms with Gasteiger partial charge >= 0.3 is 0 Å². The zero-order chi connectivity index (χ0) is 12.4. The van der Waals surface area contributed by atoms with Gasteiger partial charge in [0, 0.05) is 18.0 Å². The van der Waals surface area contributed by atoms with Crippen LogP contribution in [0.5, 0.6) is 11.5 Å². The minimum atomic E-state index is 0.540. The molecule has 0 saturated carbocycles. The van der Waals surface area contributed by atoms with E-state index in [0.717, 1.165) is 24.6 Å². The maximum absolute atomic E-state index is 5.59. The van der Waals surface area contributed by atoms with E-state index in [1.54, 1.807) is 14.2 Å². The zero-order valence-electron chi connectivity index (χ0n) is 11.1. The highest BCUT2D eigenvalue weighted by Gasteiger charge is 2.23. The van der Waals surface area contributed by atoms with Crippen LogP contribution in [0.4, 0.5) is 0 Å². The van der Waals surface area contributed by atoms with Crippen LogP contribution in [-0.2, 0) is 0 Å². The highest BCUT2D eigenvalue weighted by Crippen LogP contribution is 2.39. The SMILES string of the molecule is COc1cc(C2CCNC2)c(OC)c(C)c1C. The number of hydrogen-bond donors (Lipinski definition) is 1. The minimum absolute atomic E-state index is 0.540. The van der Waals surface area contributed by atoms with Crippen molar-refractivity contribution < 1.29 is 9.47 Å². The van der Waals surface area contributed by atoms with Crippen molar-refractivity contribution in [2.45, 2.75) is 26.2 Å². The Morgan fingerprint density at radius 2 is 1.94 bits per heavy atom. The number of benzene rings is 1. The van der Waals surface area contributed by atoms with E-state index in [9.17, 15) is 0 Å². The van der Waals surface area contributed by atoms with Gasteiger partial charge in [-0.15, -0.1) is 0 Å². The predicted molar refractivity (Wildman–Crippen MR) is 69.2 cm³/mol. The van der Waals surface area contributed by atoms with Gasteiger partial charge < -0.3 is 14.8 Å². The third-order valence-electron chi connectivity index (χ3n) is 3.75. The summed E-state index contributed by atoms with van der Waals surface area (Å²) < 4.78 is 11.0. The molecule has 94 valence electrons. The van der Waals surface area contributed by atoms with Gasteiger partial charge in [-0.25, -0.2) is 0 Å². The maximum atomic E-state index is 5.59. The second-order valence-corrected chi connectivity index (χ2v) is 4.64. The van der Waals surface area contributed by atoms with Gasteiger partial charge in [0.15, 0.2) is 0 Å². The molecule has 1 unspecified atom stereocenters. The smallest absolute Gasteiger partial charge is 0.125 e. The van der Waals surface area contributed by atoms with Crippen molar-refractivity contribution in [1.29, 1.82) is 0 Å². The molecule has 1 aliphatic rings. The van der Waals surface area contributed by atoms with Crippen LogP contribution in [-0.4, -0.2) is 27.3 Å². The molecule has 1 aromatic carbocycles. The Balaban J connectivity index is 2.51. The van der Waals surface area contributed by atoms with Crippen molar-refractivity contribution in [2.24, 2.45) is 0 Å². The Kier molecular flexibility index (Phi) is 3.57. The van der Waals surface area contributed by atoms with E-state index >= 15 is 0 Å². The second kappa shape index (κ2) is 4.96. The highest BCUT2D eigenvalue weighted by molar-refractivity contribution is 5.54. The maximum Gasteiger partial charge on any atom is 0.125 e. The molecular formula is C14H21NO2. The Morgan fingerprint density at radius 3 is 2.47 bits per heavy atom. The van der Waals surface area contributed by atoms with E-state index in [4.69, 9.17) is 9.47 Å². The molecule has 3 heteroatoms. The molecule has 0 aromatic heterocycles. The lowest BCUT2D eigenvalue weighted by Gasteiger charge is -2.20. The molecule has 17 heavy (non-hydrogen) atoms. The van der Waals surface area contributed by atoms with Crippen LogP contribution in [0.1, 0.15) is 29.0 Å². The standard InChI is InChI=1S/C14H21NO2/c1-9-10(2)14(17-4)12(7-13(9)16-3)11-5-6-15-8-11/h7,11,15H,5-6,8H2,1-4H3. The molecule has 1 saturated heterocycles. The molecular weight excluding hydrogens is 214 g/mol. The van der Waals surface area contributed by atoms with Crippen molar-refractivity contribution in [1.82, 2.24) is 5.32 Å².